The maximum absolute atomic E-state index is 11.7. The normalized spacial score (nSPS) is 16.7. The van der Waals surface area contributed by atoms with Crippen LogP contribution in [0.1, 0.15) is 29.6 Å². The Labute approximate surface area is 103 Å². The van der Waals surface area contributed by atoms with Crippen molar-refractivity contribution in [2.24, 2.45) is 0 Å². The summed E-state index contributed by atoms with van der Waals surface area (Å²) < 4.78 is 0. The molecule has 2 rings (SSSR count). The topological polar surface area (TPSA) is 32.3 Å². The van der Waals surface area contributed by atoms with Gasteiger partial charge in [-0.3, -0.25) is 4.79 Å². The monoisotopic (exact) mass is 231 g/mol. The molecule has 0 saturated carbocycles. The van der Waals surface area contributed by atoms with E-state index in [0.29, 0.717) is 5.56 Å². The number of hydrogen-bond donors (Lipinski definition) is 1. The number of rotatable bonds is 4. The summed E-state index contributed by atoms with van der Waals surface area (Å²) in [5.74, 6) is -0.0254. The molecule has 1 amide bonds. The van der Waals surface area contributed by atoms with Crippen LogP contribution in [0, 0.1) is 6.07 Å². The zero-order chi connectivity index (χ0) is 11.9. The number of benzene rings is 1. The highest BCUT2D eigenvalue weighted by molar-refractivity contribution is 5.93. The van der Waals surface area contributed by atoms with E-state index in [2.05, 4.69) is 16.3 Å². The third kappa shape index (κ3) is 3.86. The zero-order valence-corrected chi connectivity index (χ0v) is 10.1. The summed E-state index contributed by atoms with van der Waals surface area (Å²) >= 11 is 0. The lowest BCUT2D eigenvalue weighted by Gasteiger charge is -2.26. The Kier molecular flexibility index (Phi) is 4.56. The Morgan fingerprint density at radius 3 is 2.82 bits per heavy atom. The highest BCUT2D eigenvalue weighted by atomic mass is 16.1. The van der Waals surface area contributed by atoms with E-state index in [-0.39, 0.29) is 5.91 Å². The lowest BCUT2D eigenvalue weighted by molar-refractivity contribution is 0.0946. The first kappa shape index (κ1) is 12.1. The molecule has 1 aromatic rings. The number of nitrogens with zero attached hydrogens (tertiary/aromatic N) is 1. The van der Waals surface area contributed by atoms with Gasteiger partial charge in [0.25, 0.3) is 5.91 Å². The summed E-state index contributed by atoms with van der Waals surface area (Å²) in [6.07, 6.45) is 3.93. The molecule has 0 aromatic heterocycles. The summed E-state index contributed by atoms with van der Waals surface area (Å²) in [6.45, 7) is 4.03. The van der Waals surface area contributed by atoms with E-state index < -0.39 is 0 Å². The van der Waals surface area contributed by atoms with Crippen molar-refractivity contribution in [3.8, 4) is 0 Å². The van der Waals surface area contributed by atoms with Crippen LogP contribution in [0.25, 0.3) is 0 Å². The minimum absolute atomic E-state index is 0.0254. The fraction of sp³-hybridized carbons (Fsp3) is 0.500. The first-order chi connectivity index (χ1) is 8.36. The van der Waals surface area contributed by atoms with Crippen molar-refractivity contribution >= 4 is 5.91 Å². The number of hydrogen-bond acceptors (Lipinski definition) is 2. The first-order valence-electron chi connectivity index (χ1n) is 6.33. The number of nitrogens with one attached hydrogen (secondary N) is 1. The zero-order valence-electron chi connectivity index (χ0n) is 10.1. The van der Waals surface area contributed by atoms with Gasteiger partial charge in [-0.05, 0) is 38.1 Å². The van der Waals surface area contributed by atoms with Gasteiger partial charge in [0.2, 0.25) is 0 Å². The van der Waals surface area contributed by atoms with Crippen LogP contribution >= 0.6 is 0 Å². The minimum Gasteiger partial charge on any atom is -0.351 e. The average Bonchev–Trinajstić information content (AvgIpc) is 2.41. The van der Waals surface area contributed by atoms with Crippen molar-refractivity contribution in [1.29, 1.82) is 0 Å². The third-order valence-corrected chi connectivity index (χ3v) is 3.12. The van der Waals surface area contributed by atoms with E-state index in [0.717, 1.165) is 13.1 Å². The van der Waals surface area contributed by atoms with Crippen molar-refractivity contribution in [2.45, 2.75) is 19.3 Å². The number of piperidine rings is 1. The Morgan fingerprint density at radius 1 is 1.29 bits per heavy atom. The van der Waals surface area contributed by atoms with Crippen molar-refractivity contribution in [1.82, 2.24) is 10.2 Å². The molecule has 1 heterocycles. The molecule has 0 unspecified atom stereocenters. The molecule has 1 aliphatic rings. The van der Waals surface area contributed by atoms with Crippen molar-refractivity contribution in [3.63, 3.8) is 0 Å². The second-order valence-corrected chi connectivity index (χ2v) is 4.43. The van der Waals surface area contributed by atoms with Gasteiger partial charge >= 0.3 is 0 Å². The molecule has 1 fully saturated rings. The largest absolute Gasteiger partial charge is 0.351 e. The van der Waals surface area contributed by atoms with Gasteiger partial charge < -0.3 is 10.2 Å². The second-order valence-electron chi connectivity index (χ2n) is 4.43. The molecule has 3 nitrogen and oxygen atoms in total. The third-order valence-electron chi connectivity index (χ3n) is 3.12. The molecule has 1 N–H and O–H groups in total. The molecule has 91 valence electrons. The van der Waals surface area contributed by atoms with Gasteiger partial charge in [-0.25, -0.2) is 0 Å². The summed E-state index contributed by atoms with van der Waals surface area (Å²) in [7, 11) is 0. The van der Waals surface area contributed by atoms with Crippen molar-refractivity contribution in [3.05, 3.63) is 35.9 Å². The molecule has 0 bridgehead atoms. The van der Waals surface area contributed by atoms with Gasteiger partial charge in [-0.2, -0.15) is 0 Å². The summed E-state index contributed by atoms with van der Waals surface area (Å²) in [6, 6.07) is 10.2. The van der Waals surface area contributed by atoms with E-state index >= 15 is 0 Å². The van der Waals surface area contributed by atoms with Crippen LogP contribution in [-0.4, -0.2) is 37.0 Å². The molecule has 0 atom stereocenters. The predicted octanol–water partition coefficient (Wildman–Crippen LogP) is 1.70. The standard InChI is InChI=1S/C14H19N2O/c17-14(13-7-3-1-4-8-13)15-9-12-16-10-5-2-6-11-16/h1,3-4,7H,2,5-6,9-12H2,(H,15,17). The molecule has 3 heteroatoms. The van der Waals surface area contributed by atoms with Crippen molar-refractivity contribution in [2.75, 3.05) is 26.2 Å². The van der Waals surface area contributed by atoms with Crippen LogP contribution < -0.4 is 5.32 Å². The van der Waals surface area contributed by atoms with Gasteiger partial charge in [0.05, 0.1) is 0 Å². The van der Waals surface area contributed by atoms with Gasteiger partial charge in [-0.1, -0.05) is 24.6 Å². The molecule has 1 aliphatic heterocycles. The van der Waals surface area contributed by atoms with Crippen LogP contribution in [0.2, 0.25) is 0 Å². The van der Waals surface area contributed by atoms with E-state index in [1.54, 1.807) is 12.1 Å². The summed E-state index contributed by atoms with van der Waals surface area (Å²) in [4.78, 5) is 14.1. The molecule has 0 spiro atoms. The SMILES string of the molecule is O=C(NCCN1CCCCC1)c1[c]cccc1. The lowest BCUT2D eigenvalue weighted by Crippen LogP contribution is -2.37. The smallest absolute Gasteiger partial charge is 0.251 e. The lowest BCUT2D eigenvalue weighted by atomic mass is 10.1. The van der Waals surface area contributed by atoms with Gasteiger partial charge in [-0.15, -0.1) is 0 Å². The molecule has 0 aliphatic carbocycles. The van der Waals surface area contributed by atoms with Gasteiger partial charge in [0.1, 0.15) is 0 Å². The quantitative estimate of drug-likeness (QED) is 0.855. The summed E-state index contributed by atoms with van der Waals surface area (Å²) in [5.41, 5.74) is 0.617. The maximum atomic E-state index is 11.7. The molecule has 1 aromatic carbocycles. The van der Waals surface area contributed by atoms with E-state index in [4.69, 9.17) is 0 Å². The Hall–Kier alpha value is -1.35. The Morgan fingerprint density at radius 2 is 2.12 bits per heavy atom. The highest BCUT2D eigenvalue weighted by Crippen LogP contribution is 2.07. The molecule has 1 radical (unpaired) electrons. The highest BCUT2D eigenvalue weighted by Gasteiger charge is 2.10. The molecule has 17 heavy (non-hydrogen) atoms. The maximum Gasteiger partial charge on any atom is 0.251 e. The second kappa shape index (κ2) is 6.40. The number of likely N-dealkylation sites (tertiary alicyclic amines) is 1. The van der Waals surface area contributed by atoms with Gasteiger partial charge in [0.15, 0.2) is 0 Å². The van der Waals surface area contributed by atoms with Crippen LogP contribution in [0.5, 0.6) is 0 Å². The summed E-state index contributed by atoms with van der Waals surface area (Å²) in [5, 5.41) is 2.93. The molecule has 1 saturated heterocycles. The van der Waals surface area contributed by atoms with Crippen LogP contribution in [0.15, 0.2) is 24.3 Å². The fourth-order valence-electron chi connectivity index (χ4n) is 2.14. The van der Waals surface area contributed by atoms with Crippen LogP contribution in [0.3, 0.4) is 0 Å². The average molecular weight is 231 g/mol. The number of amides is 1. The predicted molar refractivity (Wildman–Crippen MR) is 67.9 cm³/mol. The fourth-order valence-corrected chi connectivity index (χ4v) is 2.14. The number of carbonyl (C=O) groups excluding carboxylic acids is 1. The van der Waals surface area contributed by atoms with Gasteiger partial charge in [0, 0.05) is 18.7 Å². The Bertz CT molecular complexity index is 344. The van der Waals surface area contributed by atoms with E-state index in [1.807, 2.05) is 12.1 Å². The van der Waals surface area contributed by atoms with E-state index in [1.165, 1.54) is 32.4 Å². The Balaban J connectivity index is 1.69. The number of carbonyl (C=O) groups is 1. The first-order valence-corrected chi connectivity index (χ1v) is 6.33. The van der Waals surface area contributed by atoms with Crippen LogP contribution in [0.4, 0.5) is 0 Å². The van der Waals surface area contributed by atoms with E-state index in [9.17, 15) is 4.79 Å². The molecular weight excluding hydrogens is 212 g/mol. The van der Waals surface area contributed by atoms with Crippen LogP contribution in [-0.2, 0) is 0 Å². The van der Waals surface area contributed by atoms with Crippen molar-refractivity contribution < 1.29 is 4.79 Å². The molecular formula is C14H19N2O. The minimum atomic E-state index is -0.0254.